The minimum Gasteiger partial charge on any atom is -0.385 e. The van der Waals surface area contributed by atoms with Crippen molar-refractivity contribution < 1.29 is 4.74 Å². The van der Waals surface area contributed by atoms with Crippen molar-refractivity contribution >= 4 is 29.9 Å². The van der Waals surface area contributed by atoms with Gasteiger partial charge in [-0.15, -0.1) is 24.0 Å². The molecular formula is C20H36IN5O. The maximum absolute atomic E-state index is 5.06. The van der Waals surface area contributed by atoms with Crippen LogP contribution in [-0.4, -0.2) is 75.8 Å². The number of nitrogens with zero attached hydrogens (tertiary/aromatic N) is 3. The molecule has 2 rings (SSSR count). The number of rotatable bonds is 9. The predicted octanol–water partition coefficient (Wildman–Crippen LogP) is 2.14. The zero-order valence-electron chi connectivity index (χ0n) is 17.0. The molecule has 1 aliphatic rings. The van der Waals surface area contributed by atoms with Crippen LogP contribution in [0.1, 0.15) is 24.5 Å². The van der Waals surface area contributed by atoms with Crippen LogP contribution in [0.15, 0.2) is 29.3 Å². The second kappa shape index (κ2) is 14.1. The number of hydrogen-bond acceptors (Lipinski definition) is 4. The summed E-state index contributed by atoms with van der Waals surface area (Å²) in [6.45, 7) is 11.6. The molecule has 27 heavy (non-hydrogen) atoms. The summed E-state index contributed by atoms with van der Waals surface area (Å²) >= 11 is 0. The third-order valence-electron chi connectivity index (χ3n) is 4.84. The van der Waals surface area contributed by atoms with E-state index in [0.717, 1.165) is 38.6 Å². The van der Waals surface area contributed by atoms with Gasteiger partial charge in [0.15, 0.2) is 5.96 Å². The zero-order chi connectivity index (χ0) is 18.6. The van der Waals surface area contributed by atoms with Crippen molar-refractivity contribution in [3.05, 3.63) is 35.4 Å². The molecule has 0 bridgehead atoms. The number of guanidine groups is 1. The number of benzene rings is 1. The molecule has 0 spiro atoms. The minimum absolute atomic E-state index is 0. The molecule has 0 aromatic heterocycles. The summed E-state index contributed by atoms with van der Waals surface area (Å²) in [5.74, 6) is 0.832. The van der Waals surface area contributed by atoms with Gasteiger partial charge in [0.05, 0.1) is 0 Å². The Morgan fingerprint density at radius 2 is 1.67 bits per heavy atom. The molecule has 6 nitrogen and oxygen atoms in total. The van der Waals surface area contributed by atoms with Crippen molar-refractivity contribution in [1.29, 1.82) is 0 Å². The maximum Gasteiger partial charge on any atom is 0.191 e. The second-order valence-corrected chi connectivity index (χ2v) is 6.73. The first-order chi connectivity index (χ1) is 12.7. The number of nitrogens with one attached hydrogen (secondary N) is 2. The second-order valence-electron chi connectivity index (χ2n) is 6.73. The lowest BCUT2D eigenvalue weighted by Gasteiger charge is -2.34. The van der Waals surface area contributed by atoms with E-state index < -0.39 is 0 Å². The van der Waals surface area contributed by atoms with Crippen molar-refractivity contribution in [2.75, 3.05) is 60.0 Å². The first-order valence-electron chi connectivity index (χ1n) is 9.71. The highest BCUT2D eigenvalue weighted by Gasteiger charge is 2.15. The van der Waals surface area contributed by atoms with Gasteiger partial charge in [0.2, 0.25) is 0 Å². The molecule has 1 aliphatic heterocycles. The van der Waals surface area contributed by atoms with E-state index in [4.69, 9.17) is 4.74 Å². The largest absolute Gasteiger partial charge is 0.385 e. The molecule has 7 heteroatoms. The van der Waals surface area contributed by atoms with Gasteiger partial charge in [-0.25, -0.2) is 0 Å². The normalized spacial score (nSPS) is 16.0. The number of ether oxygens (including phenoxy) is 1. The minimum atomic E-state index is 0. The van der Waals surface area contributed by atoms with E-state index in [9.17, 15) is 0 Å². The Bertz CT molecular complexity index is 530. The molecule has 1 heterocycles. The fraction of sp³-hybridized carbons (Fsp3) is 0.650. The van der Waals surface area contributed by atoms with Gasteiger partial charge in [-0.3, -0.25) is 9.89 Å². The van der Waals surface area contributed by atoms with Gasteiger partial charge in [0.1, 0.15) is 0 Å². The quantitative estimate of drug-likeness (QED) is 0.241. The molecule has 1 saturated heterocycles. The molecule has 1 aromatic carbocycles. The monoisotopic (exact) mass is 489 g/mol. The SMILES string of the molecule is CCN1CCN(Cc2ccc(CNC(=NC)NCCCOC)cc2)CC1.I. The highest BCUT2D eigenvalue weighted by Crippen LogP contribution is 2.10. The van der Waals surface area contributed by atoms with E-state index in [1.165, 1.54) is 43.9 Å². The summed E-state index contributed by atoms with van der Waals surface area (Å²) in [6, 6.07) is 8.92. The summed E-state index contributed by atoms with van der Waals surface area (Å²) in [7, 11) is 3.52. The van der Waals surface area contributed by atoms with Gasteiger partial charge < -0.3 is 20.3 Å². The van der Waals surface area contributed by atoms with Gasteiger partial charge >= 0.3 is 0 Å². The maximum atomic E-state index is 5.06. The molecule has 0 amide bonds. The molecule has 1 fully saturated rings. The van der Waals surface area contributed by atoms with E-state index in [-0.39, 0.29) is 24.0 Å². The standard InChI is InChI=1S/C20H35N5O.HI/c1-4-24-11-13-25(14-12-24)17-19-8-6-18(7-9-19)16-23-20(21-2)22-10-5-15-26-3;/h6-9H,4-5,10-17H2,1-3H3,(H2,21,22,23);1H. The summed E-state index contributed by atoms with van der Waals surface area (Å²) in [4.78, 5) is 9.31. The van der Waals surface area contributed by atoms with Gasteiger partial charge in [-0.2, -0.15) is 0 Å². The highest BCUT2D eigenvalue weighted by atomic mass is 127. The first kappa shape index (κ1) is 24.1. The van der Waals surface area contributed by atoms with Crippen LogP contribution >= 0.6 is 24.0 Å². The molecule has 1 aromatic rings. The van der Waals surface area contributed by atoms with E-state index >= 15 is 0 Å². The van der Waals surface area contributed by atoms with Crippen molar-refractivity contribution in [2.24, 2.45) is 4.99 Å². The summed E-state index contributed by atoms with van der Waals surface area (Å²) in [5.41, 5.74) is 2.66. The van der Waals surface area contributed by atoms with Crippen LogP contribution in [0.3, 0.4) is 0 Å². The molecule has 0 aliphatic carbocycles. The number of piperazine rings is 1. The van der Waals surface area contributed by atoms with Gasteiger partial charge in [0.25, 0.3) is 0 Å². The van der Waals surface area contributed by atoms with E-state index in [2.05, 4.69) is 56.6 Å². The van der Waals surface area contributed by atoms with Crippen LogP contribution in [-0.2, 0) is 17.8 Å². The van der Waals surface area contributed by atoms with Gasteiger partial charge in [-0.1, -0.05) is 31.2 Å². The average Bonchev–Trinajstić information content (AvgIpc) is 2.69. The lowest BCUT2D eigenvalue weighted by Crippen LogP contribution is -2.45. The summed E-state index contributed by atoms with van der Waals surface area (Å²) in [6.07, 6.45) is 0.971. The smallest absolute Gasteiger partial charge is 0.191 e. The number of hydrogen-bond donors (Lipinski definition) is 2. The number of halogens is 1. The molecule has 0 radical (unpaired) electrons. The van der Waals surface area contributed by atoms with Gasteiger partial charge in [0, 0.05) is 66.6 Å². The predicted molar refractivity (Wildman–Crippen MR) is 124 cm³/mol. The molecule has 0 unspecified atom stereocenters. The van der Waals surface area contributed by atoms with Crippen molar-refractivity contribution in [1.82, 2.24) is 20.4 Å². The first-order valence-corrected chi connectivity index (χ1v) is 9.71. The van der Waals surface area contributed by atoms with Crippen molar-refractivity contribution in [3.8, 4) is 0 Å². The van der Waals surface area contributed by atoms with Crippen molar-refractivity contribution in [3.63, 3.8) is 0 Å². The molecule has 2 N–H and O–H groups in total. The lowest BCUT2D eigenvalue weighted by atomic mass is 10.1. The summed E-state index contributed by atoms with van der Waals surface area (Å²) < 4.78 is 5.06. The van der Waals surface area contributed by atoms with Crippen molar-refractivity contribution in [2.45, 2.75) is 26.4 Å². The topological polar surface area (TPSA) is 52.1 Å². The van der Waals surface area contributed by atoms with E-state index in [1.807, 2.05) is 0 Å². The van der Waals surface area contributed by atoms with Crippen LogP contribution in [0.5, 0.6) is 0 Å². The number of likely N-dealkylation sites (N-methyl/N-ethyl adjacent to an activating group) is 1. The molecule has 0 atom stereocenters. The number of aliphatic imine (C=N–C) groups is 1. The molecule has 154 valence electrons. The van der Waals surface area contributed by atoms with Crippen LogP contribution in [0, 0.1) is 0 Å². The highest BCUT2D eigenvalue weighted by molar-refractivity contribution is 14.0. The molecular weight excluding hydrogens is 453 g/mol. The Kier molecular flexibility index (Phi) is 12.6. The third-order valence-corrected chi connectivity index (χ3v) is 4.84. The summed E-state index contributed by atoms with van der Waals surface area (Å²) in [5, 5.41) is 6.65. The van der Waals surface area contributed by atoms with Crippen LogP contribution in [0.2, 0.25) is 0 Å². The van der Waals surface area contributed by atoms with Crippen LogP contribution in [0.25, 0.3) is 0 Å². The average molecular weight is 489 g/mol. The van der Waals surface area contributed by atoms with Crippen LogP contribution < -0.4 is 10.6 Å². The Labute approximate surface area is 181 Å². The van der Waals surface area contributed by atoms with Crippen LogP contribution in [0.4, 0.5) is 0 Å². The third kappa shape index (κ3) is 9.23. The Balaban J connectivity index is 0.00000364. The van der Waals surface area contributed by atoms with Gasteiger partial charge in [-0.05, 0) is 24.1 Å². The molecule has 0 saturated carbocycles. The van der Waals surface area contributed by atoms with E-state index in [0.29, 0.717) is 0 Å². The lowest BCUT2D eigenvalue weighted by molar-refractivity contribution is 0.132. The Morgan fingerprint density at radius 3 is 2.26 bits per heavy atom. The number of methoxy groups -OCH3 is 1. The Morgan fingerprint density at radius 1 is 1.04 bits per heavy atom. The fourth-order valence-corrected chi connectivity index (χ4v) is 3.11. The fourth-order valence-electron chi connectivity index (χ4n) is 3.11. The zero-order valence-corrected chi connectivity index (χ0v) is 19.4. The van der Waals surface area contributed by atoms with E-state index in [1.54, 1.807) is 14.2 Å². The Hall–Kier alpha value is -0.900.